The van der Waals surface area contributed by atoms with Gasteiger partial charge in [0.1, 0.15) is 12.3 Å². The van der Waals surface area contributed by atoms with Crippen LogP contribution < -0.4 is 16.6 Å². The summed E-state index contributed by atoms with van der Waals surface area (Å²) in [7, 11) is 0. The summed E-state index contributed by atoms with van der Waals surface area (Å²) < 4.78 is 6.74. The van der Waals surface area contributed by atoms with E-state index >= 15 is 0 Å². The van der Waals surface area contributed by atoms with E-state index in [2.05, 4.69) is 26.2 Å². The molecule has 0 aliphatic carbocycles. The van der Waals surface area contributed by atoms with Crippen molar-refractivity contribution in [1.29, 1.82) is 0 Å². The first-order valence-electron chi connectivity index (χ1n) is 5.99. The van der Waals surface area contributed by atoms with Gasteiger partial charge in [0.05, 0.1) is 11.4 Å². The first-order chi connectivity index (χ1) is 9.51. The molecule has 0 unspecified atom stereocenters. The van der Waals surface area contributed by atoms with Crippen LogP contribution in [0.15, 0.2) is 21.9 Å². The zero-order chi connectivity index (χ0) is 14.7. The van der Waals surface area contributed by atoms with Crippen LogP contribution in [0.2, 0.25) is 0 Å². The minimum absolute atomic E-state index is 0.153. The number of hydrogen-bond donors (Lipinski definition) is 3. The molecule has 0 bridgehead atoms. The second kappa shape index (κ2) is 6.33. The Morgan fingerprint density at radius 2 is 2.35 bits per heavy atom. The lowest BCUT2D eigenvalue weighted by Gasteiger charge is -2.16. The molecule has 0 spiro atoms. The summed E-state index contributed by atoms with van der Waals surface area (Å²) in [4.78, 5) is 35.9. The van der Waals surface area contributed by atoms with Crippen molar-refractivity contribution in [1.82, 2.24) is 14.9 Å². The number of aromatic amines is 1. The average molecular weight is 348 g/mol. The van der Waals surface area contributed by atoms with Crippen LogP contribution in [0, 0.1) is 0 Å². The van der Waals surface area contributed by atoms with Gasteiger partial charge >= 0.3 is 5.69 Å². The number of aliphatic hydroxyl groups is 1. The van der Waals surface area contributed by atoms with Crippen LogP contribution in [0.25, 0.3) is 0 Å². The molecule has 1 amide bonds. The van der Waals surface area contributed by atoms with E-state index < -0.39 is 29.7 Å². The van der Waals surface area contributed by atoms with Crippen molar-refractivity contribution in [2.45, 2.75) is 24.9 Å². The lowest BCUT2D eigenvalue weighted by Crippen LogP contribution is -2.37. The first-order valence-corrected chi connectivity index (χ1v) is 7.11. The number of halogens is 1. The molecule has 8 nitrogen and oxygen atoms in total. The fourth-order valence-electron chi connectivity index (χ4n) is 1.99. The summed E-state index contributed by atoms with van der Waals surface area (Å²) in [6, 6.07) is 1.21. The highest BCUT2D eigenvalue weighted by molar-refractivity contribution is 9.09. The highest BCUT2D eigenvalue weighted by Gasteiger charge is 2.35. The number of aromatic nitrogens is 2. The smallest absolute Gasteiger partial charge is 0.330 e. The second-order valence-electron chi connectivity index (χ2n) is 4.39. The Hall–Kier alpha value is -1.45. The number of amides is 1. The van der Waals surface area contributed by atoms with Crippen LogP contribution in [0.5, 0.6) is 0 Å². The van der Waals surface area contributed by atoms with Crippen molar-refractivity contribution < 1.29 is 14.6 Å². The van der Waals surface area contributed by atoms with Crippen LogP contribution >= 0.6 is 15.9 Å². The Balaban J connectivity index is 2.04. The van der Waals surface area contributed by atoms with E-state index in [1.807, 2.05) is 0 Å². The number of hydrogen-bond acceptors (Lipinski definition) is 5. The van der Waals surface area contributed by atoms with Gasteiger partial charge in [-0.05, 0) is 0 Å². The van der Waals surface area contributed by atoms with Crippen molar-refractivity contribution in [2.75, 3.05) is 11.9 Å². The number of aliphatic hydroxyl groups excluding tert-OH is 1. The molecule has 0 radical (unpaired) electrons. The number of nitrogens with one attached hydrogen (secondary N) is 2. The lowest BCUT2D eigenvalue weighted by atomic mass is 10.2. The highest BCUT2D eigenvalue weighted by Crippen LogP contribution is 2.26. The normalized spacial score (nSPS) is 25.6. The third-order valence-electron chi connectivity index (χ3n) is 2.99. The van der Waals surface area contributed by atoms with Gasteiger partial charge in [0.15, 0.2) is 0 Å². The summed E-state index contributed by atoms with van der Waals surface area (Å²) in [5.41, 5.74) is -1.09. The summed E-state index contributed by atoms with van der Waals surface area (Å²) in [5.74, 6) is -0.217. The number of nitrogens with zero attached hydrogens (tertiary/aromatic N) is 1. The van der Waals surface area contributed by atoms with E-state index in [9.17, 15) is 19.5 Å². The van der Waals surface area contributed by atoms with Gasteiger partial charge in [0.2, 0.25) is 5.91 Å². The van der Waals surface area contributed by atoms with Crippen LogP contribution in [0.3, 0.4) is 0 Å². The molecule has 1 aliphatic heterocycles. The summed E-state index contributed by atoms with van der Waals surface area (Å²) in [6.07, 6.45) is -0.532. The number of carbonyl (C=O) groups is 1. The molecule has 9 heteroatoms. The largest absolute Gasteiger partial charge is 0.390 e. The molecule has 3 N–H and O–H groups in total. The molecule has 1 saturated heterocycles. The molecule has 2 rings (SSSR count). The van der Waals surface area contributed by atoms with Gasteiger partial charge in [0.25, 0.3) is 5.56 Å². The van der Waals surface area contributed by atoms with Gasteiger partial charge in [-0.2, -0.15) is 0 Å². The predicted molar refractivity (Wildman–Crippen MR) is 72.7 cm³/mol. The Labute approximate surface area is 121 Å². The lowest BCUT2D eigenvalue weighted by molar-refractivity contribution is -0.119. The third-order valence-corrected chi connectivity index (χ3v) is 3.50. The molecule has 1 fully saturated rings. The van der Waals surface area contributed by atoms with Crippen LogP contribution in [0.1, 0.15) is 12.6 Å². The number of alkyl halides is 1. The zero-order valence-electron chi connectivity index (χ0n) is 10.4. The van der Waals surface area contributed by atoms with Crippen LogP contribution in [-0.2, 0) is 9.53 Å². The van der Waals surface area contributed by atoms with Gasteiger partial charge in [-0.15, -0.1) is 0 Å². The predicted octanol–water partition coefficient (Wildman–Crippen LogP) is -1.30. The van der Waals surface area contributed by atoms with E-state index in [4.69, 9.17) is 4.74 Å². The Bertz CT molecular complexity index is 598. The van der Waals surface area contributed by atoms with Gasteiger partial charge in [-0.3, -0.25) is 19.1 Å². The number of H-pyrrole nitrogens is 1. The van der Waals surface area contributed by atoms with E-state index in [-0.39, 0.29) is 24.2 Å². The molecule has 2 heterocycles. The van der Waals surface area contributed by atoms with Crippen molar-refractivity contribution in [2.24, 2.45) is 0 Å². The fraction of sp³-hybridized carbons (Fsp3) is 0.545. The fourth-order valence-corrected chi connectivity index (χ4v) is 2.18. The minimum Gasteiger partial charge on any atom is -0.390 e. The standard InChI is InChI=1S/C11H14BrN3O5/c12-4-9(18)13-5-7-6(16)3-10(20-7)15-2-1-8(17)14-11(15)19/h1-2,6-7,10,16H,3-5H2,(H,13,18)(H,14,17,19)/t6-,7+,10+/m0/s1. The number of carbonyl (C=O) groups excluding carboxylic acids is 1. The number of rotatable bonds is 4. The first kappa shape index (κ1) is 14.9. The Kier molecular flexibility index (Phi) is 4.73. The van der Waals surface area contributed by atoms with Gasteiger partial charge < -0.3 is 15.2 Å². The molecule has 0 aromatic carbocycles. The molecule has 3 atom stereocenters. The Morgan fingerprint density at radius 1 is 1.60 bits per heavy atom. The number of ether oxygens (including phenoxy) is 1. The molecule has 20 heavy (non-hydrogen) atoms. The monoisotopic (exact) mass is 347 g/mol. The molecule has 1 aromatic rings. The zero-order valence-corrected chi connectivity index (χ0v) is 12.0. The molecular formula is C11H14BrN3O5. The van der Waals surface area contributed by atoms with Crippen LogP contribution in [0.4, 0.5) is 0 Å². The second-order valence-corrected chi connectivity index (χ2v) is 4.95. The van der Waals surface area contributed by atoms with Crippen molar-refractivity contribution >= 4 is 21.8 Å². The third kappa shape index (κ3) is 3.35. The maximum Gasteiger partial charge on any atom is 0.330 e. The molecular weight excluding hydrogens is 334 g/mol. The maximum absolute atomic E-state index is 11.6. The highest BCUT2D eigenvalue weighted by atomic mass is 79.9. The van der Waals surface area contributed by atoms with Gasteiger partial charge in [-0.25, -0.2) is 4.79 Å². The van der Waals surface area contributed by atoms with Crippen LogP contribution in [-0.4, -0.2) is 44.6 Å². The quantitative estimate of drug-likeness (QED) is 0.585. The average Bonchev–Trinajstić information content (AvgIpc) is 2.77. The summed E-state index contributed by atoms with van der Waals surface area (Å²) in [5, 5.41) is 12.6. The summed E-state index contributed by atoms with van der Waals surface area (Å²) >= 11 is 3.01. The molecule has 0 saturated carbocycles. The topological polar surface area (TPSA) is 113 Å². The maximum atomic E-state index is 11.6. The van der Waals surface area contributed by atoms with E-state index in [1.165, 1.54) is 16.8 Å². The van der Waals surface area contributed by atoms with E-state index in [1.54, 1.807) is 0 Å². The minimum atomic E-state index is -0.797. The van der Waals surface area contributed by atoms with Crippen molar-refractivity contribution in [3.05, 3.63) is 33.1 Å². The SMILES string of the molecule is O=C(CBr)NC[C@H]1O[C@@H](n2ccc(=O)[nH]c2=O)C[C@@H]1O. The van der Waals surface area contributed by atoms with Gasteiger partial charge in [0, 0.05) is 25.2 Å². The molecule has 110 valence electrons. The van der Waals surface area contributed by atoms with Crippen molar-refractivity contribution in [3.8, 4) is 0 Å². The van der Waals surface area contributed by atoms with Gasteiger partial charge in [-0.1, -0.05) is 15.9 Å². The van der Waals surface area contributed by atoms with E-state index in [0.717, 1.165) is 0 Å². The van der Waals surface area contributed by atoms with E-state index in [0.29, 0.717) is 0 Å². The van der Waals surface area contributed by atoms with Crippen molar-refractivity contribution in [3.63, 3.8) is 0 Å². The molecule has 1 aliphatic rings. The molecule has 1 aromatic heterocycles. The Morgan fingerprint density at radius 3 is 3.00 bits per heavy atom. The summed E-state index contributed by atoms with van der Waals surface area (Å²) in [6.45, 7) is 0.153.